The summed E-state index contributed by atoms with van der Waals surface area (Å²) in [6, 6.07) is 5.75. The molecule has 0 saturated carbocycles. The van der Waals surface area contributed by atoms with Crippen LogP contribution in [0.4, 0.5) is 0 Å². The first-order valence-electron chi connectivity index (χ1n) is 4.84. The van der Waals surface area contributed by atoms with Crippen LogP contribution in [-0.2, 0) is 12.1 Å². The maximum absolute atomic E-state index is 10.5. The van der Waals surface area contributed by atoms with Crippen LogP contribution in [0.25, 0.3) is 0 Å². The highest BCUT2D eigenvalue weighted by atomic mass is 35.5. The molecule has 2 atom stereocenters. The third kappa shape index (κ3) is 1.20. The Morgan fingerprint density at radius 2 is 2.40 bits per heavy atom. The third-order valence-electron chi connectivity index (χ3n) is 2.96. The van der Waals surface area contributed by atoms with Crippen LogP contribution in [0.15, 0.2) is 23.2 Å². The van der Waals surface area contributed by atoms with Gasteiger partial charge in [0.15, 0.2) is 5.72 Å². The summed E-state index contributed by atoms with van der Waals surface area (Å²) in [5.41, 5.74) is 0.849. The van der Waals surface area contributed by atoms with E-state index in [0.29, 0.717) is 5.02 Å². The van der Waals surface area contributed by atoms with Crippen molar-refractivity contribution in [3.8, 4) is 0 Å². The van der Waals surface area contributed by atoms with Crippen molar-refractivity contribution in [3.63, 3.8) is 0 Å². The molecular weight excluding hydrogens is 230 g/mol. The first kappa shape index (κ1) is 9.70. The van der Waals surface area contributed by atoms with Crippen LogP contribution >= 0.6 is 23.4 Å². The highest BCUT2D eigenvalue weighted by Crippen LogP contribution is 2.51. The fraction of sp³-hybridized carbons (Fsp3) is 0.364. The van der Waals surface area contributed by atoms with E-state index in [1.54, 1.807) is 11.8 Å². The van der Waals surface area contributed by atoms with E-state index < -0.39 is 5.72 Å². The van der Waals surface area contributed by atoms with Gasteiger partial charge in [0, 0.05) is 10.6 Å². The molecule has 1 aliphatic heterocycles. The summed E-state index contributed by atoms with van der Waals surface area (Å²) in [6.45, 7) is 1.93. The van der Waals surface area contributed by atoms with Crippen molar-refractivity contribution >= 4 is 28.4 Å². The molecule has 0 saturated heterocycles. The SMILES string of the molecule is CC1=NC2(O)c3c(Cl)cccc3CC2S1. The maximum Gasteiger partial charge on any atom is 0.197 e. The summed E-state index contributed by atoms with van der Waals surface area (Å²) in [7, 11) is 0. The molecule has 0 spiro atoms. The average molecular weight is 240 g/mol. The van der Waals surface area contributed by atoms with Crippen LogP contribution in [0.5, 0.6) is 0 Å². The van der Waals surface area contributed by atoms with Gasteiger partial charge in [-0.3, -0.25) is 0 Å². The second-order valence-electron chi connectivity index (χ2n) is 3.94. The van der Waals surface area contributed by atoms with Gasteiger partial charge in [0.2, 0.25) is 0 Å². The Kier molecular flexibility index (Phi) is 1.94. The Morgan fingerprint density at radius 1 is 1.60 bits per heavy atom. The predicted molar refractivity (Wildman–Crippen MR) is 63.5 cm³/mol. The zero-order valence-corrected chi connectivity index (χ0v) is 9.77. The highest BCUT2D eigenvalue weighted by Gasteiger charge is 2.50. The summed E-state index contributed by atoms with van der Waals surface area (Å²) in [6.07, 6.45) is 0.845. The number of thioether (sulfide) groups is 1. The molecule has 1 aliphatic carbocycles. The van der Waals surface area contributed by atoms with Crippen LogP contribution in [0.3, 0.4) is 0 Å². The summed E-state index contributed by atoms with van der Waals surface area (Å²) in [5, 5.41) is 12.2. The number of hydrogen-bond acceptors (Lipinski definition) is 3. The Hall–Kier alpha value is -0.510. The normalized spacial score (nSPS) is 32.5. The van der Waals surface area contributed by atoms with Gasteiger partial charge in [-0.1, -0.05) is 23.7 Å². The van der Waals surface area contributed by atoms with Crippen LogP contribution in [0.2, 0.25) is 5.02 Å². The van der Waals surface area contributed by atoms with Gasteiger partial charge in [-0.15, -0.1) is 11.8 Å². The number of halogens is 1. The Labute approximate surface area is 97.4 Å². The topological polar surface area (TPSA) is 32.6 Å². The number of aliphatic imine (C=N–C) groups is 1. The van der Waals surface area contributed by atoms with E-state index >= 15 is 0 Å². The molecule has 3 rings (SSSR count). The Bertz CT molecular complexity index is 474. The van der Waals surface area contributed by atoms with Gasteiger partial charge in [-0.25, -0.2) is 4.99 Å². The van der Waals surface area contributed by atoms with Crippen molar-refractivity contribution in [1.29, 1.82) is 0 Å². The zero-order chi connectivity index (χ0) is 10.6. The molecule has 0 amide bonds. The lowest BCUT2D eigenvalue weighted by molar-refractivity contribution is 0.0581. The number of aliphatic hydroxyl groups is 1. The fourth-order valence-corrected chi connectivity index (χ4v) is 3.91. The van der Waals surface area contributed by atoms with Gasteiger partial charge >= 0.3 is 0 Å². The van der Waals surface area contributed by atoms with Crippen LogP contribution < -0.4 is 0 Å². The Balaban J connectivity index is 2.24. The van der Waals surface area contributed by atoms with Crippen molar-refractivity contribution in [3.05, 3.63) is 34.3 Å². The largest absolute Gasteiger partial charge is 0.364 e. The predicted octanol–water partition coefficient (Wildman–Crippen LogP) is 2.58. The molecule has 0 aromatic heterocycles. The van der Waals surface area contributed by atoms with Crippen molar-refractivity contribution in [1.82, 2.24) is 0 Å². The highest BCUT2D eigenvalue weighted by molar-refractivity contribution is 8.14. The molecule has 1 aromatic carbocycles. The monoisotopic (exact) mass is 239 g/mol. The van der Waals surface area contributed by atoms with E-state index in [4.69, 9.17) is 11.6 Å². The molecule has 4 heteroatoms. The lowest BCUT2D eigenvalue weighted by Crippen LogP contribution is -2.28. The second-order valence-corrected chi connectivity index (χ2v) is 5.74. The van der Waals surface area contributed by atoms with E-state index in [1.807, 2.05) is 25.1 Å². The first-order chi connectivity index (χ1) is 7.11. The summed E-state index contributed by atoms with van der Waals surface area (Å²) in [5.74, 6) is 0. The fourth-order valence-electron chi connectivity index (χ4n) is 2.38. The van der Waals surface area contributed by atoms with Crippen molar-refractivity contribution < 1.29 is 5.11 Å². The van der Waals surface area contributed by atoms with Gasteiger partial charge in [-0.05, 0) is 25.0 Å². The van der Waals surface area contributed by atoms with Crippen LogP contribution in [0.1, 0.15) is 18.1 Å². The first-order valence-corrected chi connectivity index (χ1v) is 6.10. The minimum absolute atomic E-state index is 0.104. The van der Waals surface area contributed by atoms with Gasteiger partial charge in [-0.2, -0.15) is 0 Å². The molecule has 2 nitrogen and oxygen atoms in total. The second kappa shape index (κ2) is 3.00. The number of rotatable bonds is 0. The van der Waals surface area contributed by atoms with Gasteiger partial charge in [0.25, 0.3) is 0 Å². The maximum atomic E-state index is 10.5. The molecule has 0 bridgehead atoms. The molecule has 1 aromatic rings. The number of hydrogen-bond donors (Lipinski definition) is 1. The molecule has 1 heterocycles. The van der Waals surface area contributed by atoms with Crippen molar-refractivity contribution in [2.24, 2.45) is 4.99 Å². The molecule has 78 valence electrons. The summed E-state index contributed by atoms with van der Waals surface area (Å²) in [4.78, 5) is 4.34. The van der Waals surface area contributed by atoms with E-state index in [9.17, 15) is 5.11 Å². The quantitative estimate of drug-likeness (QED) is 0.755. The molecule has 0 fully saturated rings. The van der Waals surface area contributed by atoms with E-state index in [0.717, 1.165) is 22.6 Å². The Morgan fingerprint density at radius 3 is 3.20 bits per heavy atom. The van der Waals surface area contributed by atoms with Gasteiger partial charge in [0.05, 0.1) is 10.3 Å². The minimum Gasteiger partial charge on any atom is -0.364 e. The standard InChI is InChI=1S/C11H10ClNOS/c1-6-13-11(14)9(15-6)5-7-3-2-4-8(12)10(7)11/h2-4,9,14H,5H2,1H3. The zero-order valence-electron chi connectivity index (χ0n) is 8.20. The minimum atomic E-state index is -1.08. The summed E-state index contributed by atoms with van der Waals surface area (Å²) < 4.78 is 0. The molecule has 1 N–H and O–H groups in total. The number of benzene rings is 1. The smallest absolute Gasteiger partial charge is 0.197 e. The van der Waals surface area contributed by atoms with Gasteiger partial charge < -0.3 is 5.11 Å². The van der Waals surface area contributed by atoms with E-state index in [2.05, 4.69) is 4.99 Å². The van der Waals surface area contributed by atoms with Crippen LogP contribution in [0, 0.1) is 0 Å². The molecular formula is C11H10ClNOS. The van der Waals surface area contributed by atoms with Crippen molar-refractivity contribution in [2.75, 3.05) is 0 Å². The van der Waals surface area contributed by atoms with Crippen LogP contribution in [-0.4, -0.2) is 15.4 Å². The molecule has 15 heavy (non-hydrogen) atoms. The molecule has 0 radical (unpaired) electrons. The average Bonchev–Trinajstić information content (AvgIpc) is 2.54. The van der Waals surface area contributed by atoms with E-state index in [-0.39, 0.29) is 5.25 Å². The van der Waals surface area contributed by atoms with E-state index in [1.165, 1.54) is 0 Å². The molecule has 2 unspecified atom stereocenters. The number of fused-ring (bicyclic) bond motifs is 3. The lowest BCUT2D eigenvalue weighted by atomic mass is 10.1. The summed E-state index contributed by atoms with van der Waals surface area (Å²) >= 11 is 7.78. The lowest BCUT2D eigenvalue weighted by Gasteiger charge is -2.20. The van der Waals surface area contributed by atoms with Gasteiger partial charge in [0.1, 0.15) is 0 Å². The third-order valence-corrected chi connectivity index (χ3v) is 4.49. The number of nitrogens with zero attached hydrogens (tertiary/aromatic N) is 1. The van der Waals surface area contributed by atoms with Crippen molar-refractivity contribution in [2.45, 2.75) is 24.3 Å². The molecule has 2 aliphatic rings.